The standard InChI is InChI=1S/C17H23N3O3.C2HF3O2/c1-12-7-13(9-18-8-12)16(22)20-5-3-17(4-6-20)11-19-15(21)14(17)10-23-2;3-2(4,5)1(6)7/h7-9,14H,3-6,10-11H2,1-2H3,(H,19,21);(H,6,7). The van der Waals surface area contributed by atoms with E-state index < -0.39 is 12.1 Å². The van der Waals surface area contributed by atoms with Crippen molar-refractivity contribution in [3.63, 3.8) is 0 Å². The highest BCUT2D eigenvalue weighted by atomic mass is 19.4. The molecule has 2 aliphatic rings. The number of halogens is 3. The van der Waals surface area contributed by atoms with Crippen molar-refractivity contribution < 1.29 is 37.4 Å². The number of piperidine rings is 1. The Morgan fingerprint density at radius 3 is 2.43 bits per heavy atom. The van der Waals surface area contributed by atoms with Crippen LogP contribution in [0.1, 0.15) is 28.8 Å². The molecular formula is C19H24F3N3O5. The molecular weight excluding hydrogens is 407 g/mol. The number of aliphatic carboxylic acids is 1. The molecule has 1 aromatic heterocycles. The number of alkyl halides is 3. The minimum Gasteiger partial charge on any atom is -0.475 e. The number of nitrogens with zero attached hydrogens (tertiary/aromatic N) is 2. The van der Waals surface area contributed by atoms with Crippen molar-refractivity contribution >= 4 is 17.8 Å². The van der Waals surface area contributed by atoms with Crippen LogP contribution in [0.5, 0.6) is 0 Å². The van der Waals surface area contributed by atoms with E-state index in [4.69, 9.17) is 14.6 Å². The number of pyridine rings is 1. The summed E-state index contributed by atoms with van der Waals surface area (Å²) in [7, 11) is 1.63. The monoisotopic (exact) mass is 431 g/mol. The van der Waals surface area contributed by atoms with Crippen molar-refractivity contribution in [3.05, 3.63) is 29.6 Å². The van der Waals surface area contributed by atoms with E-state index in [-0.39, 0.29) is 23.1 Å². The van der Waals surface area contributed by atoms with Gasteiger partial charge >= 0.3 is 12.1 Å². The largest absolute Gasteiger partial charge is 0.490 e. The molecule has 1 aromatic rings. The SMILES string of the molecule is COCC1C(=O)NCC12CCN(C(=O)c1cncc(C)c1)CC2.O=C(O)C(F)(F)F. The van der Waals surface area contributed by atoms with Crippen molar-refractivity contribution in [1.82, 2.24) is 15.2 Å². The van der Waals surface area contributed by atoms with Gasteiger partial charge in [0.15, 0.2) is 0 Å². The van der Waals surface area contributed by atoms with E-state index in [1.807, 2.05) is 17.9 Å². The molecule has 0 aliphatic carbocycles. The van der Waals surface area contributed by atoms with Crippen molar-refractivity contribution in [3.8, 4) is 0 Å². The van der Waals surface area contributed by atoms with Crippen LogP contribution in [0, 0.1) is 18.3 Å². The number of hydrogen-bond acceptors (Lipinski definition) is 5. The van der Waals surface area contributed by atoms with Crippen LogP contribution in [0.15, 0.2) is 18.5 Å². The van der Waals surface area contributed by atoms with E-state index in [2.05, 4.69) is 10.3 Å². The van der Waals surface area contributed by atoms with Crippen LogP contribution in [-0.4, -0.2) is 72.3 Å². The fourth-order valence-corrected chi connectivity index (χ4v) is 3.74. The molecule has 11 heteroatoms. The molecule has 1 spiro atoms. The number of likely N-dealkylation sites (tertiary alicyclic amines) is 1. The van der Waals surface area contributed by atoms with E-state index >= 15 is 0 Å². The van der Waals surface area contributed by atoms with Crippen LogP contribution in [0.3, 0.4) is 0 Å². The van der Waals surface area contributed by atoms with E-state index in [0.717, 1.165) is 18.4 Å². The normalized spacial score (nSPS) is 20.4. The Kier molecular flexibility index (Phi) is 7.40. The lowest BCUT2D eigenvalue weighted by atomic mass is 9.71. The zero-order valence-corrected chi connectivity index (χ0v) is 16.7. The number of rotatable bonds is 3. The Morgan fingerprint density at radius 1 is 1.33 bits per heavy atom. The van der Waals surface area contributed by atoms with E-state index in [1.165, 1.54) is 0 Å². The Labute approximate surface area is 171 Å². The molecule has 0 saturated carbocycles. The van der Waals surface area contributed by atoms with Gasteiger partial charge in [-0.2, -0.15) is 13.2 Å². The van der Waals surface area contributed by atoms with Crippen LogP contribution in [-0.2, 0) is 14.3 Å². The maximum atomic E-state index is 12.6. The van der Waals surface area contributed by atoms with Crippen LogP contribution in [0.2, 0.25) is 0 Å². The topological polar surface area (TPSA) is 109 Å². The smallest absolute Gasteiger partial charge is 0.475 e. The predicted molar refractivity (Wildman–Crippen MR) is 98.6 cm³/mol. The third-order valence-corrected chi connectivity index (χ3v) is 5.41. The van der Waals surface area contributed by atoms with Gasteiger partial charge in [0.05, 0.1) is 18.1 Å². The van der Waals surface area contributed by atoms with Crippen molar-refractivity contribution in [2.75, 3.05) is 33.4 Å². The molecule has 2 saturated heterocycles. The summed E-state index contributed by atoms with van der Waals surface area (Å²) in [6.07, 6.45) is -0.0727. The zero-order chi connectivity index (χ0) is 22.5. The minimum absolute atomic E-state index is 0.0247. The second kappa shape index (κ2) is 9.41. The number of hydrogen-bond donors (Lipinski definition) is 2. The number of amides is 2. The van der Waals surface area contributed by atoms with Crippen molar-refractivity contribution in [2.45, 2.75) is 25.9 Å². The lowest BCUT2D eigenvalue weighted by Crippen LogP contribution is -2.47. The van der Waals surface area contributed by atoms with Gasteiger partial charge in [0.25, 0.3) is 5.91 Å². The summed E-state index contributed by atoms with van der Waals surface area (Å²) in [5.74, 6) is -2.76. The van der Waals surface area contributed by atoms with Gasteiger partial charge in [-0.25, -0.2) is 4.79 Å². The molecule has 1 unspecified atom stereocenters. The molecule has 8 nitrogen and oxygen atoms in total. The number of methoxy groups -OCH3 is 1. The van der Waals surface area contributed by atoms with E-state index in [9.17, 15) is 22.8 Å². The molecule has 2 aliphatic heterocycles. The van der Waals surface area contributed by atoms with Gasteiger partial charge in [0, 0.05) is 44.6 Å². The molecule has 0 radical (unpaired) electrons. The molecule has 2 amide bonds. The third kappa shape index (κ3) is 5.47. The van der Waals surface area contributed by atoms with Gasteiger partial charge < -0.3 is 20.1 Å². The van der Waals surface area contributed by atoms with Gasteiger partial charge in [-0.3, -0.25) is 14.6 Å². The number of ether oxygens (including phenoxy) is 1. The second-order valence-corrected chi connectivity index (χ2v) is 7.43. The maximum absolute atomic E-state index is 12.6. The summed E-state index contributed by atoms with van der Waals surface area (Å²) in [6, 6.07) is 1.87. The quantitative estimate of drug-likeness (QED) is 0.753. The summed E-state index contributed by atoms with van der Waals surface area (Å²) in [6.45, 7) is 4.40. The highest BCUT2D eigenvalue weighted by molar-refractivity contribution is 5.94. The van der Waals surface area contributed by atoms with Gasteiger partial charge in [-0.05, 0) is 31.4 Å². The van der Waals surface area contributed by atoms with Gasteiger partial charge in [-0.15, -0.1) is 0 Å². The molecule has 2 fully saturated rings. The average molecular weight is 431 g/mol. The molecule has 30 heavy (non-hydrogen) atoms. The third-order valence-electron chi connectivity index (χ3n) is 5.41. The molecule has 1 atom stereocenters. The molecule has 2 N–H and O–H groups in total. The first-order valence-electron chi connectivity index (χ1n) is 9.28. The Bertz CT molecular complexity index is 792. The second-order valence-electron chi connectivity index (χ2n) is 7.43. The number of nitrogens with one attached hydrogen (secondary N) is 1. The van der Waals surface area contributed by atoms with Gasteiger partial charge in [0.1, 0.15) is 0 Å². The molecule has 3 heterocycles. The number of carboxylic acids is 1. The first kappa shape index (κ1) is 23.6. The molecule has 0 aromatic carbocycles. The number of carbonyl (C=O) groups is 3. The number of carbonyl (C=O) groups excluding carboxylic acids is 2. The number of carboxylic acid groups (broad SMARTS) is 1. The van der Waals surface area contributed by atoms with E-state index in [0.29, 0.717) is 31.8 Å². The average Bonchev–Trinajstić information content (AvgIpc) is 2.98. The highest BCUT2D eigenvalue weighted by Crippen LogP contribution is 2.42. The number of aryl methyl sites for hydroxylation is 1. The van der Waals surface area contributed by atoms with Crippen molar-refractivity contribution in [1.29, 1.82) is 0 Å². The van der Waals surface area contributed by atoms with Gasteiger partial charge in [-0.1, -0.05) is 0 Å². The van der Waals surface area contributed by atoms with Crippen LogP contribution in [0.25, 0.3) is 0 Å². The Hall–Kier alpha value is -2.69. The lowest BCUT2D eigenvalue weighted by Gasteiger charge is -2.41. The first-order chi connectivity index (χ1) is 14.0. The summed E-state index contributed by atoms with van der Waals surface area (Å²) in [5, 5.41) is 10.1. The van der Waals surface area contributed by atoms with Crippen LogP contribution < -0.4 is 5.32 Å². The lowest BCUT2D eigenvalue weighted by molar-refractivity contribution is -0.192. The molecule has 166 valence electrons. The summed E-state index contributed by atoms with van der Waals surface area (Å²) in [4.78, 5) is 39.5. The van der Waals surface area contributed by atoms with Crippen LogP contribution in [0.4, 0.5) is 13.2 Å². The summed E-state index contributed by atoms with van der Waals surface area (Å²) in [5.41, 5.74) is 1.54. The zero-order valence-electron chi connectivity index (χ0n) is 16.7. The summed E-state index contributed by atoms with van der Waals surface area (Å²) < 4.78 is 37.0. The Morgan fingerprint density at radius 2 is 1.93 bits per heavy atom. The molecule has 3 rings (SSSR count). The highest BCUT2D eigenvalue weighted by Gasteiger charge is 2.50. The number of aromatic nitrogens is 1. The van der Waals surface area contributed by atoms with E-state index in [1.54, 1.807) is 19.5 Å². The van der Waals surface area contributed by atoms with Gasteiger partial charge in [0.2, 0.25) is 5.91 Å². The minimum atomic E-state index is -5.08. The predicted octanol–water partition coefficient (Wildman–Crippen LogP) is 1.64. The van der Waals surface area contributed by atoms with Crippen LogP contribution >= 0.6 is 0 Å². The van der Waals surface area contributed by atoms with Crippen molar-refractivity contribution in [2.24, 2.45) is 11.3 Å². The fraction of sp³-hybridized carbons (Fsp3) is 0.579. The first-order valence-corrected chi connectivity index (χ1v) is 9.28. The molecule has 0 bridgehead atoms. The fourth-order valence-electron chi connectivity index (χ4n) is 3.74. The maximum Gasteiger partial charge on any atom is 0.490 e. The Balaban J connectivity index is 0.000000396. The summed E-state index contributed by atoms with van der Waals surface area (Å²) >= 11 is 0.